The number of carbonyl (C=O) groups excluding carboxylic acids is 1. The molecule has 1 saturated heterocycles. The van der Waals surface area contributed by atoms with Crippen molar-refractivity contribution in [1.29, 1.82) is 0 Å². The minimum Gasteiger partial charge on any atom is -0.481 e. The van der Waals surface area contributed by atoms with E-state index >= 15 is 0 Å². The van der Waals surface area contributed by atoms with Gasteiger partial charge in [-0.1, -0.05) is 24.0 Å². The van der Waals surface area contributed by atoms with Crippen LogP contribution in [-0.4, -0.2) is 32.7 Å². The summed E-state index contributed by atoms with van der Waals surface area (Å²) in [7, 11) is 0. The molecule has 1 aromatic rings. The lowest BCUT2D eigenvalue weighted by Gasteiger charge is -2.12. The van der Waals surface area contributed by atoms with Gasteiger partial charge >= 0.3 is 5.97 Å². The van der Waals surface area contributed by atoms with E-state index in [1.807, 2.05) is 19.1 Å². The molecule has 1 amide bonds. The highest BCUT2D eigenvalue weighted by Crippen LogP contribution is 2.33. The second-order valence-electron chi connectivity index (χ2n) is 3.93. The quantitative estimate of drug-likeness (QED) is 0.684. The van der Waals surface area contributed by atoms with Gasteiger partial charge in [0, 0.05) is 16.3 Å². The summed E-state index contributed by atoms with van der Waals surface area (Å²) >= 11 is 7.93. The molecule has 0 atom stereocenters. The van der Waals surface area contributed by atoms with Crippen LogP contribution in [0.15, 0.2) is 17.0 Å². The molecular formula is C12H11NO3S3. The van der Waals surface area contributed by atoms with E-state index in [0.717, 1.165) is 4.88 Å². The summed E-state index contributed by atoms with van der Waals surface area (Å²) in [4.78, 5) is 26.7. The molecular weight excluding hydrogens is 302 g/mol. The van der Waals surface area contributed by atoms with Gasteiger partial charge in [-0.3, -0.25) is 14.5 Å². The normalized spacial score (nSPS) is 17.5. The van der Waals surface area contributed by atoms with Gasteiger partial charge in [0.15, 0.2) is 0 Å². The zero-order chi connectivity index (χ0) is 14.0. The molecule has 0 saturated carbocycles. The van der Waals surface area contributed by atoms with Gasteiger partial charge in [-0.25, -0.2) is 0 Å². The Balaban J connectivity index is 2.13. The molecule has 0 radical (unpaired) electrons. The largest absolute Gasteiger partial charge is 0.481 e. The minimum absolute atomic E-state index is 0.0994. The maximum Gasteiger partial charge on any atom is 0.305 e. The second kappa shape index (κ2) is 5.85. The maximum absolute atomic E-state index is 12.1. The van der Waals surface area contributed by atoms with Crippen LogP contribution in [0, 0.1) is 6.92 Å². The van der Waals surface area contributed by atoms with Gasteiger partial charge in [0.05, 0.1) is 11.3 Å². The van der Waals surface area contributed by atoms with Crippen LogP contribution in [0.4, 0.5) is 0 Å². The summed E-state index contributed by atoms with van der Waals surface area (Å²) in [5, 5.41) is 8.65. The molecule has 1 aliphatic rings. The lowest BCUT2D eigenvalue weighted by Crippen LogP contribution is -2.30. The highest BCUT2D eigenvalue weighted by molar-refractivity contribution is 8.26. The van der Waals surface area contributed by atoms with Crippen molar-refractivity contribution in [2.45, 2.75) is 13.3 Å². The van der Waals surface area contributed by atoms with Gasteiger partial charge in [-0.05, 0) is 25.1 Å². The number of carboxylic acid groups (broad SMARTS) is 1. The van der Waals surface area contributed by atoms with Crippen molar-refractivity contribution in [1.82, 2.24) is 4.90 Å². The van der Waals surface area contributed by atoms with Gasteiger partial charge in [-0.15, -0.1) is 11.3 Å². The number of hydrogen-bond acceptors (Lipinski definition) is 5. The number of thiocarbonyl (C=S) groups is 1. The Morgan fingerprint density at radius 2 is 2.26 bits per heavy atom. The molecule has 1 aliphatic heterocycles. The molecule has 7 heteroatoms. The molecule has 2 heterocycles. The number of hydrogen-bond donors (Lipinski definition) is 1. The first-order chi connectivity index (χ1) is 8.97. The first-order valence-electron chi connectivity index (χ1n) is 5.51. The third-order valence-corrected chi connectivity index (χ3v) is 4.78. The number of nitrogens with zero attached hydrogens (tertiary/aromatic N) is 1. The number of rotatable bonds is 4. The average Bonchev–Trinajstić information content (AvgIpc) is 2.83. The molecule has 4 nitrogen and oxygen atoms in total. The number of carbonyl (C=O) groups is 2. The van der Waals surface area contributed by atoms with Gasteiger partial charge in [0.2, 0.25) is 0 Å². The third kappa shape index (κ3) is 3.43. The second-order valence-corrected chi connectivity index (χ2v) is 6.92. The molecule has 19 heavy (non-hydrogen) atoms. The van der Waals surface area contributed by atoms with Gasteiger partial charge in [0.1, 0.15) is 4.32 Å². The Hall–Kier alpha value is -1.18. The van der Waals surface area contributed by atoms with Crippen LogP contribution in [-0.2, 0) is 9.59 Å². The topological polar surface area (TPSA) is 57.6 Å². The highest BCUT2D eigenvalue weighted by Gasteiger charge is 2.32. The standard InChI is InChI=1S/C12H11NO3S3/c1-7-2-3-8(18-7)6-9-11(16)13(12(17)19-9)5-4-10(14)15/h2-3,6H,4-5H2,1H3,(H,14,15). The fourth-order valence-electron chi connectivity index (χ4n) is 1.56. The summed E-state index contributed by atoms with van der Waals surface area (Å²) < 4.78 is 0.422. The molecule has 1 fully saturated rings. The van der Waals surface area contributed by atoms with Crippen molar-refractivity contribution < 1.29 is 14.7 Å². The first kappa shape index (κ1) is 14.2. The van der Waals surface area contributed by atoms with Crippen LogP contribution in [0.3, 0.4) is 0 Å². The molecule has 0 bridgehead atoms. The van der Waals surface area contributed by atoms with E-state index in [1.165, 1.54) is 21.5 Å². The fourth-order valence-corrected chi connectivity index (χ4v) is 3.76. The molecule has 0 unspecified atom stereocenters. The number of aryl methyl sites for hydroxylation is 1. The van der Waals surface area contributed by atoms with Crippen LogP contribution in [0.5, 0.6) is 0 Å². The molecule has 100 valence electrons. The van der Waals surface area contributed by atoms with Crippen LogP contribution in [0.25, 0.3) is 6.08 Å². The van der Waals surface area contributed by atoms with Crippen LogP contribution < -0.4 is 0 Å². The van der Waals surface area contributed by atoms with E-state index in [0.29, 0.717) is 9.23 Å². The zero-order valence-corrected chi connectivity index (χ0v) is 12.5. The highest BCUT2D eigenvalue weighted by atomic mass is 32.2. The smallest absolute Gasteiger partial charge is 0.305 e. The molecule has 0 aromatic carbocycles. The minimum atomic E-state index is -0.938. The zero-order valence-electron chi connectivity index (χ0n) is 10.1. The van der Waals surface area contributed by atoms with Crippen molar-refractivity contribution in [2.75, 3.05) is 6.54 Å². The predicted molar refractivity (Wildman–Crippen MR) is 81.2 cm³/mol. The molecule has 1 aromatic heterocycles. The van der Waals surface area contributed by atoms with Gasteiger partial charge in [-0.2, -0.15) is 0 Å². The van der Waals surface area contributed by atoms with Crippen molar-refractivity contribution >= 4 is 57.6 Å². The predicted octanol–water partition coefficient (Wildman–Crippen LogP) is 2.73. The third-order valence-electron chi connectivity index (χ3n) is 2.46. The number of thioether (sulfide) groups is 1. The number of aliphatic carboxylic acids is 1. The van der Waals surface area contributed by atoms with E-state index < -0.39 is 5.97 Å². The Bertz CT molecular complexity index is 577. The van der Waals surface area contributed by atoms with Crippen molar-refractivity contribution in [3.63, 3.8) is 0 Å². The summed E-state index contributed by atoms with van der Waals surface area (Å²) in [5.74, 6) is -1.14. The Morgan fingerprint density at radius 1 is 1.53 bits per heavy atom. The van der Waals surface area contributed by atoms with Gasteiger partial charge in [0.25, 0.3) is 5.91 Å². The summed E-state index contributed by atoms with van der Waals surface area (Å²) in [5.41, 5.74) is 0. The van der Waals surface area contributed by atoms with Crippen molar-refractivity contribution in [2.24, 2.45) is 0 Å². The molecule has 0 spiro atoms. The van der Waals surface area contributed by atoms with Gasteiger partial charge < -0.3 is 5.11 Å². The monoisotopic (exact) mass is 313 g/mol. The Labute approximate surface area is 124 Å². The van der Waals surface area contributed by atoms with E-state index in [9.17, 15) is 9.59 Å². The summed E-state index contributed by atoms with van der Waals surface area (Å²) in [6, 6.07) is 3.94. The molecule has 1 N–H and O–H groups in total. The van der Waals surface area contributed by atoms with E-state index in [2.05, 4.69) is 0 Å². The molecule has 2 rings (SSSR count). The SMILES string of the molecule is Cc1ccc(C=C2SC(=S)N(CCC(=O)O)C2=O)s1. The summed E-state index contributed by atoms with van der Waals surface area (Å²) in [6.07, 6.45) is 1.70. The van der Waals surface area contributed by atoms with E-state index in [4.69, 9.17) is 17.3 Å². The van der Waals surface area contributed by atoms with E-state index in [1.54, 1.807) is 17.4 Å². The van der Waals surface area contributed by atoms with Crippen LogP contribution in [0.1, 0.15) is 16.2 Å². The first-order valence-corrected chi connectivity index (χ1v) is 7.55. The number of thiophene rings is 1. The number of carboxylic acids is 1. The maximum atomic E-state index is 12.1. The van der Waals surface area contributed by atoms with Crippen molar-refractivity contribution in [3.05, 3.63) is 26.8 Å². The number of amides is 1. The summed E-state index contributed by atoms with van der Waals surface area (Å²) in [6.45, 7) is 2.13. The average molecular weight is 313 g/mol. The van der Waals surface area contributed by atoms with Crippen LogP contribution >= 0.6 is 35.3 Å². The fraction of sp³-hybridized carbons (Fsp3) is 0.250. The molecule has 0 aliphatic carbocycles. The van der Waals surface area contributed by atoms with E-state index in [-0.39, 0.29) is 18.9 Å². The Kier molecular flexibility index (Phi) is 4.38. The van der Waals surface area contributed by atoms with Crippen LogP contribution in [0.2, 0.25) is 0 Å². The lowest BCUT2D eigenvalue weighted by molar-refractivity contribution is -0.137. The van der Waals surface area contributed by atoms with Crippen molar-refractivity contribution in [3.8, 4) is 0 Å². The Morgan fingerprint density at radius 3 is 2.84 bits per heavy atom. The lowest BCUT2D eigenvalue weighted by atomic mass is 10.3.